The van der Waals surface area contributed by atoms with E-state index in [9.17, 15) is 9.18 Å². The molecule has 0 saturated carbocycles. The van der Waals surface area contributed by atoms with Gasteiger partial charge in [-0.3, -0.25) is 4.79 Å². The van der Waals surface area contributed by atoms with Crippen LogP contribution in [-0.4, -0.2) is 18.2 Å². The molecule has 0 fully saturated rings. The zero-order chi connectivity index (χ0) is 12.1. The van der Waals surface area contributed by atoms with Crippen molar-refractivity contribution in [2.45, 2.75) is 19.3 Å². The van der Waals surface area contributed by atoms with E-state index in [4.69, 9.17) is 21.4 Å². The second kappa shape index (κ2) is 5.70. The highest BCUT2D eigenvalue weighted by atomic mass is 35.5. The van der Waals surface area contributed by atoms with Gasteiger partial charge in [0.25, 0.3) is 0 Å². The van der Waals surface area contributed by atoms with E-state index in [2.05, 4.69) is 0 Å². The van der Waals surface area contributed by atoms with E-state index in [0.29, 0.717) is 24.2 Å². The number of rotatable bonds is 5. The molecule has 0 aliphatic heterocycles. The molecule has 0 radical (unpaired) electrons. The molecule has 0 aliphatic rings. The molecule has 0 aliphatic carbocycles. The van der Waals surface area contributed by atoms with Crippen molar-refractivity contribution < 1.29 is 19.0 Å². The Bertz CT molecular complexity index is 393. The van der Waals surface area contributed by atoms with E-state index in [1.165, 1.54) is 19.2 Å². The van der Waals surface area contributed by atoms with Gasteiger partial charge < -0.3 is 9.84 Å². The first-order valence-electron chi connectivity index (χ1n) is 4.78. The molecule has 5 heteroatoms. The quantitative estimate of drug-likeness (QED) is 0.869. The first kappa shape index (κ1) is 12.8. The van der Waals surface area contributed by atoms with Gasteiger partial charge >= 0.3 is 5.97 Å². The number of benzene rings is 1. The number of carboxylic acid groups (broad SMARTS) is 1. The van der Waals surface area contributed by atoms with Crippen molar-refractivity contribution in [2.24, 2.45) is 0 Å². The minimum Gasteiger partial charge on any atom is -0.495 e. The fourth-order valence-corrected chi connectivity index (χ4v) is 1.76. The summed E-state index contributed by atoms with van der Waals surface area (Å²) in [6.45, 7) is 0. The minimum atomic E-state index is -0.874. The monoisotopic (exact) mass is 246 g/mol. The maximum Gasteiger partial charge on any atom is 0.303 e. The topological polar surface area (TPSA) is 46.5 Å². The van der Waals surface area contributed by atoms with Gasteiger partial charge in [-0.25, -0.2) is 4.39 Å². The van der Waals surface area contributed by atoms with E-state index in [0.717, 1.165) is 0 Å². The highest BCUT2D eigenvalue weighted by Crippen LogP contribution is 2.30. The molecule has 1 aromatic rings. The first-order valence-corrected chi connectivity index (χ1v) is 5.16. The third kappa shape index (κ3) is 3.38. The highest BCUT2D eigenvalue weighted by molar-refractivity contribution is 6.32. The Kier molecular flexibility index (Phi) is 4.55. The van der Waals surface area contributed by atoms with Crippen LogP contribution in [0.2, 0.25) is 5.02 Å². The lowest BCUT2D eigenvalue weighted by Crippen LogP contribution is -1.99. The van der Waals surface area contributed by atoms with Gasteiger partial charge in [-0.15, -0.1) is 0 Å². The normalized spacial score (nSPS) is 10.2. The molecule has 1 aromatic carbocycles. The number of aliphatic carboxylic acids is 1. The summed E-state index contributed by atoms with van der Waals surface area (Å²) >= 11 is 5.79. The summed E-state index contributed by atoms with van der Waals surface area (Å²) in [5.74, 6) is -0.911. The number of carbonyl (C=O) groups is 1. The molecule has 16 heavy (non-hydrogen) atoms. The minimum absolute atomic E-state index is 0.0390. The standard InChI is InChI=1S/C11H12ClFO3/c1-16-11-7(3-2-4-10(14)15)5-8(13)6-9(11)12/h5-6H,2-4H2,1H3,(H,14,15). The van der Waals surface area contributed by atoms with Gasteiger partial charge in [-0.05, 0) is 30.5 Å². The third-order valence-electron chi connectivity index (χ3n) is 2.13. The summed E-state index contributed by atoms with van der Waals surface area (Å²) in [5, 5.41) is 8.70. The summed E-state index contributed by atoms with van der Waals surface area (Å²) in [7, 11) is 1.44. The molecule has 3 nitrogen and oxygen atoms in total. The largest absolute Gasteiger partial charge is 0.495 e. The third-order valence-corrected chi connectivity index (χ3v) is 2.41. The van der Waals surface area contributed by atoms with Crippen molar-refractivity contribution in [1.82, 2.24) is 0 Å². The lowest BCUT2D eigenvalue weighted by Gasteiger charge is -2.09. The zero-order valence-corrected chi connectivity index (χ0v) is 9.55. The van der Waals surface area contributed by atoms with E-state index in [1.54, 1.807) is 0 Å². The number of aryl methyl sites for hydroxylation is 1. The SMILES string of the molecule is COc1c(Cl)cc(F)cc1CCCC(=O)O. The molecule has 0 atom stereocenters. The van der Waals surface area contributed by atoms with Gasteiger partial charge in [-0.2, -0.15) is 0 Å². The highest BCUT2D eigenvalue weighted by Gasteiger charge is 2.10. The van der Waals surface area contributed by atoms with Crippen LogP contribution in [0.5, 0.6) is 5.75 Å². The molecule has 0 bridgehead atoms. The Balaban J connectivity index is 2.81. The lowest BCUT2D eigenvalue weighted by atomic mass is 10.1. The first-order chi connectivity index (χ1) is 7.54. The molecule has 0 saturated heterocycles. The fraction of sp³-hybridized carbons (Fsp3) is 0.364. The number of hydrogen-bond acceptors (Lipinski definition) is 2. The van der Waals surface area contributed by atoms with E-state index < -0.39 is 11.8 Å². The summed E-state index contributed by atoms with van der Waals surface area (Å²) in [6.07, 6.45) is 0.885. The average Bonchev–Trinajstić information content (AvgIpc) is 2.16. The molecule has 0 amide bonds. The second-order valence-electron chi connectivity index (χ2n) is 3.33. The molecular weight excluding hydrogens is 235 g/mol. The van der Waals surface area contributed by atoms with Crippen LogP contribution in [0.4, 0.5) is 4.39 Å². The van der Waals surface area contributed by atoms with Gasteiger partial charge in [0.1, 0.15) is 11.6 Å². The van der Waals surface area contributed by atoms with E-state index in [1.807, 2.05) is 0 Å². The second-order valence-corrected chi connectivity index (χ2v) is 3.73. The summed E-state index contributed by atoms with van der Waals surface area (Å²) in [5.41, 5.74) is 0.591. The van der Waals surface area contributed by atoms with Crippen molar-refractivity contribution >= 4 is 17.6 Å². The summed E-state index contributed by atoms with van der Waals surface area (Å²) < 4.78 is 18.1. The van der Waals surface area contributed by atoms with Gasteiger partial charge in [0.05, 0.1) is 12.1 Å². The Morgan fingerprint density at radius 3 is 2.81 bits per heavy atom. The number of methoxy groups -OCH3 is 1. The Morgan fingerprint density at radius 2 is 2.25 bits per heavy atom. The van der Waals surface area contributed by atoms with Gasteiger partial charge in [0.2, 0.25) is 0 Å². The summed E-state index contributed by atoms with van der Waals surface area (Å²) in [4.78, 5) is 10.3. The maximum absolute atomic E-state index is 13.1. The molecule has 88 valence electrons. The molecule has 0 aromatic heterocycles. The van der Waals surface area contributed by atoms with Gasteiger partial charge in [-0.1, -0.05) is 11.6 Å². The zero-order valence-electron chi connectivity index (χ0n) is 8.80. The van der Waals surface area contributed by atoms with Crippen molar-refractivity contribution in [3.63, 3.8) is 0 Å². The smallest absolute Gasteiger partial charge is 0.303 e. The van der Waals surface area contributed by atoms with Crippen LogP contribution in [0.25, 0.3) is 0 Å². The number of carboxylic acids is 1. The predicted octanol–water partition coefficient (Wildman–Crippen LogP) is 2.90. The molecule has 1 rings (SSSR count). The van der Waals surface area contributed by atoms with Crippen molar-refractivity contribution in [3.8, 4) is 5.75 Å². The van der Waals surface area contributed by atoms with Crippen molar-refractivity contribution in [1.29, 1.82) is 0 Å². The van der Waals surface area contributed by atoms with Gasteiger partial charge in [0.15, 0.2) is 0 Å². The Hall–Kier alpha value is -1.29. The molecule has 0 heterocycles. The predicted molar refractivity (Wildman–Crippen MR) is 58.5 cm³/mol. The average molecular weight is 247 g/mol. The van der Waals surface area contributed by atoms with E-state index in [-0.39, 0.29) is 11.4 Å². The van der Waals surface area contributed by atoms with Crippen LogP contribution in [0.1, 0.15) is 18.4 Å². The van der Waals surface area contributed by atoms with Crippen LogP contribution in [0, 0.1) is 5.82 Å². The van der Waals surface area contributed by atoms with Crippen molar-refractivity contribution in [2.75, 3.05) is 7.11 Å². The number of ether oxygens (including phenoxy) is 1. The maximum atomic E-state index is 13.1. The summed E-state index contributed by atoms with van der Waals surface area (Å²) in [6, 6.07) is 2.48. The van der Waals surface area contributed by atoms with Crippen LogP contribution in [0.15, 0.2) is 12.1 Å². The molecule has 0 spiro atoms. The van der Waals surface area contributed by atoms with Gasteiger partial charge in [0, 0.05) is 6.42 Å². The van der Waals surface area contributed by atoms with E-state index >= 15 is 0 Å². The van der Waals surface area contributed by atoms with Crippen LogP contribution < -0.4 is 4.74 Å². The van der Waals surface area contributed by atoms with Crippen molar-refractivity contribution in [3.05, 3.63) is 28.5 Å². The Morgan fingerprint density at radius 1 is 1.56 bits per heavy atom. The molecular formula is C11H12ClFO3. The molecule has 1 N–H and O–H groups in total. The van der Waals surface area contributed by atoms with Crippen LogP contribution in [-0.2, 0) is 11.2 Å². The fourth-order valence-electron chi connectivity index (χ4n) is 1.46. The number of hydrogen-bond donors (Lipinski definition) is 1. The molecule has 0 unspecified atom stereocenters. The van der Waals surface area contributed by atoms with Crippen LogP contribution >= 0.6 is 11.6 Å². The number of halogens is 2. The van der Waals surface area contributed by atoms with Crippen LogP contribution in [0.3, 0.4) is 0 Å². The Labute approximate surface area is 97.8 Å². The lowest BCUT2D eigenvalue weighted by molar-refractivity contribution is -0.137.